The molecule has 1 aromatic carbocycles. The highest BCUT2D eigenvalue weighted by Gasteiger charge is 2.22. The Balaban J connectivity index is 0.00000625. The van der Waals surface area contributed by atoms with E-state index in [-0.39, 0.29) is 18.1 Å². The maximum Gasteiger partial charge on any atom is 0.269 e. The van der Waals surface area contributed by atoms with E-state index in [2.05, 4.69) is 16.0 Å². The van der Waals surface area contributed by atoms with Gasteiger partial charge in [-0.1, -0.05) is 0 Å². The largest absolute Gasteiger partial charge is 0.343 e. The number of hydrogen-bond acceptors (Lipinski definition) is 6. The number of nitro groups is 1. The predicted molar refractivity (Wildman–Crippen MR) is 97.8 cm³/mol. The number of anilines is 1. The van der Waals surface area contributed by atoms with Gasteiger partial charge in [-0.25, -0.2) is 0 Å². The molecule has 3 atom stereocenters. The van der Waals surface area contributed by atoms with Crippen LogP contribution in [0.1, 0.15) is 20.8 Å². The third kappa shape index (κ3) is 7.03. The zero-order valence-corrected chi connectivity index (χ0v) is 15.3. The van der Waals surface area contributed by atoms with Crippen molar-refractivity contribution in [1.82, 2.24) is 10.6 Å². The summed E-state index contributed by atoms with van der Waals surface area (Å²) in [6.07, 6.45) is 0. The van der Waals surface area contributed by atoms with Crippen molar-refractivity contribution in [3.8, 4) is 0 Å². The lowest BCUT2D eigenvalue weighted by atomic mass is 10.2. The Morgan fingerprint density at radius 2 is 1.42 bits per heavy atom. The highest BCUT2D eigenvalue weighted by molar-refractivity contribution is 5.98. The second-order valence-corrected chi connectivity index (χ2v) is 5.54. The maximum atomic E-state index is 12.1. The topological polar surface area (TPSA) is 156 Å². The molecule has 0 saturated heterocycles. The Morgan fingerprint density at radius 1 is 0.962 bits per heavy atom. The van der Waals surface area contributed by atoms with E-state index in [0.29, 0.717) is 5.69 Å². The van der Waals surface area contributed by atoms with E-state index in [4.69, 9.17) is 5.73 Å². The van der Waals surface area contributed by atoms with Gasteiger partial charge < -0.3 is 21.7 Å². The number of hydrogen-bond donors (Lipinski definition) is 4. The van der Waals surface area contributed by atoms with Crippen molar-refractivity contribution in [1.29, 1.82) is 0 Å². The first-order valence-electron chi connectivity index (χ1n) is 7.53. The molecule has 26 heavy (non-hydrogen) atoms. The minimum Gasteiger partial charge on any atom is -0.343 e. The Labute approximate surface area is 156 Å². The smallest absolute Gasteiger partial charge is 0.269 e. The highest BCUT2D eigenvalue weighted by Crippen LogP contribution is 2.15. The number of nitro benzene ring substituents is 1. The van der Waals surface area contributed by atoms with Gasteiger partial charge in [0.1, 0.15) is 12.1 Å². The average molecular weight is 388 g/mol. The van der Waals surface area contributed by atoms with Crippen LogP contribution in [0, 0.1) is 10.1 Å². The summed E-state index contributed by atoms with van der Waals surface area (Å²) in [5.74, 6) is -1.53. The summed E-state index contributed by atoms with van der Waals surface area (Å²) < 4.78 is 0. The molecule has 3 amide bonds. The number of halogens is 1. The van der Waals surface area contributed by atoms with Gasteiger partial charge in [-0.15, -0.1) is 12.4 Å². The summed E-state index contributed by atoms with van der Waals surface area (Å²) in [4.78, 5) is 45.5. The molecule has 0 radical (unpaired) electrons. The van der Waals surface area contributed by atoms with E-state index in [9.17, 15) is 24.5 Å². The van der Waals surface area contributed by atoms with Crippen LogP contribution in [-0.2, 0) is 14.4 Å². The van der Waals surface area contributed by atoms with Crippen LogP contribution in [0.2, 0.25) is 0 Å². The number of nitrogens with two attached hydrogens (primary N) is 1. The SMILES string of the molecule is CC(N)C(=O)NC(C)C(=O)NC(C)C(=O)Nc1ccc([N+](=O)[O-])cc1.Cl. The van der Waals surface area contributed by atoms with E-state index in [0.717, 1.165) is 0 Å². The molecular formula is C15H22ClN5O5. The van der Waals surface area contributed by atoms with Gasteiger partial charge in [-0.05, 0) is 32.9 Å². The second-order valence-electron chi connectivity index (χ2n) is 5.54. The molecule has 11 heteroatoms. The molecular weight excluding hydrogens is 366 g/mol. The first-order valence-corrected chi connectivity index (χ1v) is 7.53. The molecule has 1 aromatic rings. The molecule has 0 aliphatic rings. The fourth-order valence-corrected chi connectivity index (χ4v) is 1.73. The molecule has 144 valence electrons. The second kappa shape index (κ2) is 10.3. The summed E-state index contributed by atoms with van der Waals surface area (Å²) in [7, 11) is 0. The number of nitrogens with one attached hydrogen (secondary N) is 3. The van der Waals surface area contributed by atoms with Crippen molar-refractivity contribution in [2.24, 2.45) is 5.73 Å². The number of carbonyl (C=O) groups is 3. The van der Waals surface area contributed by atoms with Gasteiger partial charge >= 0.3 is 0 Å². The number of rotatable bonds is 7. The summed E-state index contributed by atoms with van der Waals surface area (Å²) >= 11 is 0. The van der Waals surface area contributed by atoms with Gasteiger partial charge in [0.2, 0.25) is 17.7 Å². The van der Waals surface area contributed by atoms with Gasteiger partial charge in [-0.2, -0.15) is 0 Å². The van der Waals surface area contributed by atoms with Crippen LogP contribution >= 0.6 is 12.4 Å². The first-order chi connectivity index (χ1) is 11.6. The van der Waals surface area contributed by atoms with Crippen molar-refractivity contribution in [2.75, 3.05) is 5.32 Å². The molecule has 0 fully saturated rings. The monoisotopic (exact) mass is 387 g/mol. The molecule has 0 spiro atoms. The quantitative estimate of drug-likeness (QED) is 0.389. The molecule has 0 saturated carbocycles. The number of nitrogens with zero attached hydrogens (tertiary/aromatic N) is 1. The molecule has 5 N–H and O–H groups in total. The molecule has 1 rings (SSSR count). The molecule has 3 unspecified atom stereocenters. The summed E-state index contributed by atoms with van der Waals surface area (Å²) in [5, 5.41) is 18.0. The van der Waals surface area contributed by atoms with Gasteiger partial charge in [0, 0.05) is 17.8 Å². The minimum atomic E-state index is -0.877. The van der Waals surface area contributed by atoms with E-state index in [1.54, 1.807) is 0 Å². The lowest BCUT2D eigenvalue weighted by molar-refractivity contribution is -0.384. The molecule has 0 bridgehead atoms. The Bertz CT molecular complexity index is 665. The van der Waals surface area contributed by atoms with Crippen LogP contribution in [0.25, 0.3) is 0 Å². The fourth-order valence-electron chi connectivity index (χ4n) is 1.73. The zero-order chi connectivity index (χ0) is 19.1. The molecule has 0 heterocycles. The summed E-state index contributed by atoms with van der Waals surface area (Å²) in [5.41, 5.74) is 5.66. The van der Waals surface area contributed by atoms with Crippen molar-refractivity contribution in [3.05, 3.63) is 34.4 Å². The summed E-state index contributed by atoms with van der Waals surface area (Å²) in [6, 6.07) is 2.80. The lowest BCUT2D eigenvalue weighted by Crippen LogP contribution is -2.52. The normalized spacial score (nSPS) is 13.4. The van der Waals surface area contributed by atoms with Crippen LogP contribution in [0.15, 0.2) is 24.3 Å². The van der Waals surface area contributed by atoms with Crippen LogP contribution in [0.4, 0.5) is 11.4 Å². The van der Waals surface area contributed by atoms with Crippen molar-refractivity contribution < 1.29 is 19.3 Å². The van der Waals surface area contributed by atoms with E-state index >= 15 is 0 Å². The van der Waals surface area contributed by atoms with Gasteiger partial charge in [0.25, 0.3) is 5.69 Å². The summed E-state index contributed by atoms with van der Waals surface area (Å²) in [6.45, 7) is 4.43. The van der Waals surface area contributed by atoms with E-state index in [1.807, 2.05) is 0 Å². The number of carbonyl (C=O) groups excluding carboxylic acids is 3. The molecule has 0 aliphatic heterocycles. The van der Waals surface area contributed by atoms with Crippen LogP contribution in [0.3, 0.4) is 0 Å². The van der Waals surface area contributed by atoms with E-state index in [1.165, 1.54) is 45.0 Å². The maximum absolute atomic E-state index is 12.1. The Morgan fingerprint density at radius 3 is 1.88 bits per heavy atom. The van der Waals surface area contributed by atoms with Crippen LogP contribution in [-0.4, -0.2) is 40.8 Å². The van der Waals surface area contributed by atoms with Crippen molar-refractivity contribution in [3.63, 3.8) is 0 Å². The minimum absolute atomic E-state index is 0. The van der Waals surface area contributed by atoms with Gasteiger partial charge in [-0.3, -0.25) is 24.5 Å². The molecule has 0 aliphatic carbocycles. The Hall–Kier alpha value is -2.72. The van der Waals surface area contributed by atoms with Crippen LogP contribution < -0.4 is 21.7 Å². The molecule has 10 nitrogen and oxygen atoms in total. The Kier molecular flexibility index (Phi) is 9.23. The van der Waals surface area contributed by atoms with Crippen molar-refractivity contribution >= 4 is 41.5 Å². The zero-order valence-electron chi connectivity index (χ0n) is 14.5. The third-order valence-electron chi connectivity index (χ3n) is 3.26. The number of amides is 3. The van der Waals surface area contributed by atoms with Gasteiger partial charge in [0.15, 0.2) is 0 Å². The number of non-ortho nitro benzene ring substituents is 1. The first kappa shape index (κ1) is 23.3. The standard InChI is InChI=1S/C15H21N5O5.ClH/c1-8(16)13(21)17-9(2)14(22)18-10(3)15(23)19-11-4-6-12(7-5-11)20(24)25;/h4-10H,16H2,1-3H3,(H,17,21)(H,18,22)(H,19,23);1H. The van der Waals surface area contributed by atoms with Crippen molar-refractivity contribution in [2.45, 2.75) is 38.9 Å². The third-order valence-corrected chi connectivity index (χ3v) is 3.26. The predicted octanol–water partition coefficient (Wildman–Crippen LogP) is 0.312. The number of benzene rings is 1. The average Bonchev–Trinajstić information content (AvgIpc) is 2.54. The lowest BCUT2D eigenvalue weighted by Gasteiger charge is -2.19. The highest BCUT2D eigenvalue weighted by atomic mass is 35.5. The van der Waals surface area contributed by atoms with E-state index < -0.39 is 40.8 Å². The van der Waals surface area contributed by atoms with Gasteiger partial charge in [0.05, 0.1) is 11.0 Å². The molecule has 0 aromatic heterocycles. The van der Waals surface area contributed by atoms with Crippen LogP contribution in [0.5, 0.6) is 0 Å². The fraction of sp³-hybridized carbons (Fsp3) is 0.400.